The van der Waals surface area contributed by atoms with Crippen LogP contribution in [0.5, 0.6) is 11.6 Å². The number of ether oxygens (including phenoxy) is 1. The van der Waals surface area contributed by atoms with Gasteiger partial charge in [-0.05, 0) is 34.1 Å². The Hall–Kier alpha value is -2.01. The van der Waals surface area contributed by atoms with E-state index in [9.17, 15) is 0 Å². The van der Waals surface area contributed by atoms with E-state index in [2.05, 4.69) is 30.9 Å². The summed E-state index contributed by atoms with van der Waals surface area (Å²) >= 11 is 3.34. The van der Waals surface area contributed by atoms with Crippen molar-refractivity contribution in [1.82, 2.24) is 15.0 Å². The van der Waals surface area contributed by atoms with E-state index in [-0.39, 0.29) is 0 Å². The fraction of sp³-hybridized carbons (Fsp3) is 0. The summed E-state index contributed by atoms with van der Waals surface area (Å²) in [4.78, 5) is 12.7. The fourth-order valence-electron chi connectivity index (χ4n) is 1.56. The first-order valence-corrected chi connectivity index (χ1v) is 6.11. The van der Waals surface area contributed by atoms with Gasteiger partial charge in [-0.25, -0.2) is 9.97 Å². The average Bonchev–Trinajstić information content (AvgIpc) is 2.39. The van der Waals surface area contributed by atoms with Gasteiger partial charge in [0.25, 0.3) is 0 Å². The summed E-state index contributed by atoms with van der Waals surface area (Å²) in [6.45, 7) is 0. The van der Waals surface area contributed by atoms with Crippen LogP contribution in [0.4, 0.5) is 0 Å². The van der Waals surface area contributed by atoms with Crippen molar-refractivity contribution in [3.05, 3.63) is 53.4 Å². The molecule has 4 nitrogen and oxygen atoms in total. The molecule has 88 valence electrons. The van der Waals surface area contributed by atoms with Gasteiger partial charge in [0.15, 0.2) is 0 Å². The van der Waals surface area contributed by atoms with Gasteiger partial charge in [-0.3, -0.25) is 4.98 Å². The highest BCUT2D eigenvalue weighted by Gasteiger charge is 2.02. The van der Waals surface area contributed by atoms with E-state index in [4.69, 9.17) is 4.74 Å². The molecule has 0 unspecified atom stereocenters. The number of halogens is 1. The van der Waals surface area contributed by atoms with Crippen molar-refractivity contribution in [1.29, 1.82) is 0 Å². The standard InChI is InChI=1S/C13H8BrN3O/c14-9-5-10(7-15-6-9)18-13-8-16-11-3-1-2-4-12(11)17-13/h1-8H. The molecule has 2 aromatic heterocycles. The van der Waals surface area contributed by atoms with Gasteiger partial charge in [0.2, 0.25) is 5.88 Å². The molecule has 2 heterocycles. The molecule has 0 aliphatic carbocycles. The van der Waals surface area contributed by atoms with Crippen LogP contribution in [-0.2, 0) is 0 Å². The summed E-state index contributed by atoms with van der Waals surface area (Å²) in [6.07, 6.45) is 4.92. The Morgan fingerprint density at radius 1 is 1.00 bits per heavy atom. The van der Waals surface area contributed by atoms with E-state index >= 15 is 0 Å². The summed E-state index contributed by atoms with van der Waals surface area (Å²) in [7, 11) is 0. The third kappa shape index (κ3) is 2.31. The number of aromatic nitrogens is 3. The van der Waals surface area contributed by atoms with Gasteiger partial charge in [0.1, 0.15) is 5.75 Å². The molecule has 5 heteroatoms. The molecule has 0 spiro atoms. The number of pyridine rings is 1. The molecule has 18 heavy (non-hydrogen) atoms. The molecule has 0 N–H and O–H groups in total. The Balaban J connectivity index is 1.95. The maximum absolute atomic E-state index is 5.60. The normalized spacial score (nSPS) is 10.5. The van der Waals surface area contributed by atoms with Gasteiger partial charge in [0.05, 0.1) is 23.4 Å². The third-order valence-electron chi connectivity index (χ3n) is 2.33. The van der Waals surface area contributed by atoms with Crippen LogP contribution in [0.1, 0.15) is 0 Å². The molecular weight excluding hydrogens is 294 g/mol. The molecule has 0 radical (unpaired) electrons. The highest BCUT2D eigenvalue weighted by molar-refractivity contribution is 9.10. The number of hydrogen-bond acceptors (Lipinski definition) is 4. The minimum atomic E-state index is 0.452. The zero-order valence-corrected chi connectivity index (χ0v) is 10.8. The number of para-hydroxylation sites is 2. The Morgan fingerprint density at radius 2 is 1.83 bits per heavy atom. The van der Waals surface area contributed by atoms with Crippen LogP contribution in [0.15, 0.2) is 53.4 Å². The maximum Gasteiger partial charge on any atom is 0.238 e. The monoisotopic (exact) mass is 301 g/mol. The van der Waals surface area contributed by atoms with E-state index in [1.54, 1.807) is 18.6 Å². The first-order valence-electron chi connectivity index (χ1n) is 5.31. The van der Waals surface area contributed by atoms with Gasteiger partial charge < -0.3 is 4.74 Å². The van der Waals surface area contributed by atoms with Gasteiger partial charge in [-0.15, -0.1) is 0 Å². The maximum atomic E-state index is 5.60. The van der Waals surface area contributed by atoms with Crippen LogP contribution in [0.2, 0.25) is 0 Å². The molecule has 0 bridgehead atoms. The Morgan fingerprint density at radius 3 is 2.67 bits per heavy atom. The smallest absolute Gasteiger partial charge is 0.238 e. The Kier molecular flexibility index (Phi) is 2.90. The topological polar surface area (TPSA) is 47.9 Å². The molecule has 0 aliphatic heterocycles. The molecule has 3 aromatic rings. The quantitative estimate of drug-likeness (QED) is 0.726. The van der Waals surface area contributed by atoms with Crippen LogP contribution in [-0.4, -0.2) is 15.0 Å². The predicted molar refractivity (Wildman–Crippen MR) is 71.5 cm³/mol. The molecule has 0 saturated carbocycles. The summed E-state index contributed by atoms with van der Waals surface area (Å²) in [5, 5.41) is 0. The van der Waals surface area contributed by atoms with Crippen LogP contribution >= 0.6 is 15.9 Å². The van der Waals surface area contributed by atoms with E-state index < -0.39 is 0 Å². The number of rotatable bonds is 2. The molecule has 0 aliphatic rings. The van der Waals surface area contributed by atoms with Crippen LogP contribution < -0.4 is 4.74 Å². The Bertz CT molecular complexity index is 702. The van der Waals surface area contributed by atoms with Crippen molar-refractivity contribution < 1.29 is 4.74 Å². The lowest BCUT2D eigenvalue weighted by molar-refractivity contribution is 0.460. The molecule has 0 fully saturated rings. The molecule has 3 rings (SSSR count). The van der Waals surface area contributed by atoms with Crippen molar-refractivity contribution in [3.63, 3.8) is 0 Å². The lowest BCUT2D eigenvalue weighted by Crippen LogP contribution is -1.91. The SMILES string of the molecule is Brc1cncc(Oc2cnc3ccccc3n2)c1. The first-order chi connectivity index (χ1) is 8.81. The zero-order valence-electron chi connectivity index (χ0n) is 9.25. The van der Waals surface area contributed by atoms with Crippen molar-refractivity contribution in [3.8, 4) is 11.6 Å². The van der Waals surface area contributed by atoms with Crippen LogP contribution in [0.25, 0.3) is 11.0 Å². The minimum absolute atomic E-state index is 0.452. The summed E-state index contributed by atoms with van der Waals surface area (Å²) in [5.41, 5.74) is 1.65. The molecule has 0 atom stereocenters. The second-order valence-electron chi connectivity index (χ2n) is 3.64. The highest BCUT2D eigenvalue weighted by Crippen LogP contribution is 2.22. The van der Waals surface area contributed by atoms with Crippen molar-refractivity contribution in [2.24, 2.45) is 0 Å². The second kappa shape index (κ2) is 4.70. The predicted octanol–water partition coefficient (Wildman–Crippen LogP) is 3.58. The van der Waals surface area contributed by atoms with E-state index in [0.29, 0.717) is 11.6 Å². The number of benzene rings is 1. The molecule has 1 aromatic carbocycles. The van der Waals surface area contributed by atoms with Crippen LogP contribution in [0, 0.1) is 0 Å². The first kappa shape index (κ1) is 11.1. The van der Waals surface area contributed by atoms with Crippen molar-refractivity contribution in [2.75, 3.05) is 0 Å². The molecule has 0 saturated heterocycles. The van der Waals surface area contributed by atoms with Gasteiger partial charge >= 0.3 is 0 Å². The number of nitrogens with zero attached hydrogens (tertiary/aromatic N) is 3. The van der Waals surface area contributed by atoms with Crippen LogP contribution in [0.3, 0.4) is 0 Å². The number of fused-ring (bicyclic) bond motifs is 1. The third-order valence-corrected chi connectivity index (χ3v) is 2.76. The lowest BCUT2D eigenvalue weighted by atomic mass is 10.3. The fourth-order valence-corrected chi connectivity index (χ4v) is 1.90. The van der Waals surface area contributed by atoms with E-state index in [1.165, 1.54) is 0 Å². The minimum Gasteiger partial charge on any atom is -0.436 e. The summed E-state index contributed by atoms with van der Waals surface area (Å²) < 4.78 is 6.46. The zero-order chi connectivity index (χ0) is 12.4. The van der Waals surface area contributed by atoms with Crippen molar-refractivity contribution >= 4 is 27.0 Å². The molecule has 0 amide bonds. The van der Waals surface area contributed by atoms with Crippen molar-refractivity contribution in [2.45, 2.75) is 0 Å². The largest absolute Gasteiger partial charge is 0.436 e. The number of hydrogen-bond donors (Lipinski definition) is 0. The lowest BCUT2D eigenvalue weighted by Gasteiger charge is -2.04. The second-order valence-corrected chi connectivity index (χ2v) is 4.55. The van der Waals surface area contributed by atoms with Gasteiger partial charge in [-0.2, -0.15) is 0 Å². The Labute approximate surface area is 112 Å². The molecular formula is C13H8BrN3O. The van der Waals surface area contributed by atoms with E-state index in [0.717, 1.165) is 15.5 Å². The van der Waals surface area contributed by atoms with E-state index in [1.807, 2.05) is 30.3 Å². The summed E-state index contributed by atoms with van der Waals surface area (Å²) in [6, 6.07) is 9.47. The summed E-state index contributed by atoms with van der Waals surface area (Å²) in [5.74, 6) is 1.07. The average molecular weight is 302 g/mol. The highest BCUT2D eigenvalue weighted by atomic mass is 79.9. The van der Waals surface area contributed by atoms with Gasteiger partial charge in [0, 0.05) is 10.7 Å². The van der Waals surface area contributed by atoms with Gasteiger partial charge in [-0.1, -0.05) is 12.1 Å².